The van der Waals surface area contributed by atoms with Gasteiger partial charge >= 0.3 is 0 Å². The Morgan fingerprint density at radius 3 is 1.71 bits per heavy atom. The molecular weight excluding hydrogens is 184 g/mol. The fraction of sp³-hybridized carbons (Fsp3) is 0.800. The van der Waals surface area contributed by atoms with E-state index in [-0.39, 0.29) is 0 Å². The van der Waals surface area contributed by atoms with Crippen molar-refractivity contribution in [1.82, 2.24) is 0 Å². The lowest BCUT2D eigenvalue weighted by molar-refractivity contribution is -0.168. The smallest absolute Gasteiger partial charge is 0.175 e. The normalized spacial score (nSPS) is 38.9. The number of aliphatic hydroxyl groups is 2. The van der Waals surface area contributed by atoms with Gasteiger partial charge in [-0.25, -0.2) is 0 Å². The third-order valence-electron chi connectivity index (χ3n) is 3.60. The largest absolute Gasteiger partial charge is 0.385 e. The van der Waals surface area contributed by atoms with Gasteiger partial charge in [-0.3, -0.25) is 9.59 Å². The fourth-order valence-corrected chi connectivity index (χ4v) is 2.09. The Balaban J connectivity index is 2.42. The topological polar surface area (TPSA) is 74.6 Å². The lowest BCUT2D eigenvalue weighted by Crippen LogP contribution is -2.59. The molecule has 0 aromatic carbocycles. The second kappa shape index (κ2) is 2.44. The van der Waals surface area contributed by atoms with Gasteiger partial charge in [0.1, 0.15) is 12.2 Å². The van der Waals surface area contributed by atoms with E-state index in [0.717, 1.165) is 0 Å². The van der Waals surface area contributed by atoms with Crippen LogP contribution < -0.4 is 0 Å². The van der Waals surface area contributed by atoms with Crippen molar-refractivity contribution in [3.8, 4) is 0 Å². The van der Waals surface area contributed by atoms with Gasteiger partial charge in [0.2, 0.25) is 0 Å². The van der Waals surface area contributed by atoms with Crippen LogP contribution in [0.2, 0.25) is 0 Å². The van der Waals surface area contributed by atoms with E-state index in [2.05, 4.69) is 0 Å². The molecule has 2 fully saturated rings. The van der Waals surface area contributed by atoms with Crippen LogP contribution in [-0.4, -0.2) is 34.0 Å². The van der Waals surface area contributed by atoms with E-state index >= 15 is 0 Å². The van der Waals surface area contributed by atoms with E-state index in [9.17, 15) is 19.8 Å². The first-order valence-electron chi connectivity index (χ1n) is 4.79. The molecule has 2 aliphatic carbocycles. The summed E-state index contributed by atoms with van der Waals surface area (Å²) in [6.07, 6.45) is -1.49. The highest BCUT2D eigenvalue weighted by atomic mass is 16.3. The summed E-state index contributed by atoms with van der Waals surface area (Å²) in [5.41, 5.74) is -2.09. The number of hydrogen-bond acceptors (Lipinski definition) is 4. The van der Waals surface area contributed by atoms with Crippen LogP contribution in [0.5, 0.6) is 0 Å². The molecule has 2 aliphatic rings. The highest BCUT2D eigenvalue weighted by Crippen LogP contribution is 2.55. The van der Waals surface area contributed by atoms with Crippen molar-refractivity contribution < 1.29 is 19.8 Å². The molecule has 4 nitrogen and oxygen atoms in total. The molecule has 1 spiro atoms. The van der Waals surface area contributed by atoms with Crippen molar-refractivity contribution >= 4 is 11.6 Å². The van der Waals surface area contributed by atoms with Crippen LogP contribution in [-0.2, 0) is 9.59 Å². The van der Waals surface area contributed by atoms with E-state index in [4.69, 9.17) is 0 Å². The molecule has 4 heteroatoms. The quantitative estimate of drug-likeness (QED) is 0.522. The van der Waals surface area contributed by atoms with Crippen molar-refractivity contribution in [2.75, 3.05) is 0 Å². The van der Waals surface area contributed by atoms with Crippen molar-refractivity contribution in [2.45, 2.75) is 38.9 Å². The number of Topliss-reactive ketones (excluding diaryl/α,β-unsaturated/α-hetero) is 2. The van der Waals surface area contributed by atoms with Gasteiger partial charge in [-0.2, -0.15) is 0 Å². The maximum atomic E-state index is 11.7. The van der Waals surface area contributed by atoms with E-state index < -0.39 is 34.6 Å². The Hall–Kier alpha value is -0.740. The van der Waals surface area contributed by atoms with Crippen molar-refractivity contribution in [1.29, 1.82) is 0 Å². The number of ketones is 2. The summed E-state index contributed by atoms with van der Waals surface area (Å²) in [4.78, 5) is 23.4. The monoisotopic (exact) mass is 198 g/mol. The van der Waals surface area contributed by atoms with Crippen molar-refractivity contribution in [3.05, 3.63) is 0 Å². The average molecular weight is 198 g/mol. The van der Waals surface area contributed by atoms with E-state index in [1.165, 1.54) is 13.8 Å². The Morgan fingerprint density at radius 2 is 1.43 bits per heavy atom. The summed E-state index contributed by atoms with van der Waals surface area (Å²) in [6.45, 7) is 3.07. The van der Waals surface area contributed by atoms with Gasteiger partial charge in [0.15, 0.2) is 11.6 Å². The van der Waals surface area contributed by atoms with E-state index in [0.29, 0.717) is 12.8 Å². The Bertz CT molecular complexity index is 288. The number of rotatable bonds is 0. The standard InChI is InChI=1S/C10H14O4/c1-9(2)5(11)7(13)10(3-4-10)8(14)6(9)12/h5-6,11-12H,3-4H2,1-2H3. The Labute approximate surface area is 81.9 Å². The van der Waals surface area contributed by atoms with Gasteiger partial charge in [-0.1, -0.05) is 13.8 Å². The highest BCUT2D eigenvalue weighted by molar-refractivity contribution is 6.15. The van der Waals surface area contributed by atoms with Crippen LogP contribution in [0.15, 0.2) is 0 Å². The Kier molecular flexibility index (Phi) is 1.71. The third kappa shape index (κ3) is 0.902. The van der Waals surface area contributed by atoms with Gasteiger partial charge in [0, 0.05) is 5.41 Å². The lowest BCUT2D eigenvalue weighted by Gasteiger charge is -2.40. The minimum Gasteiger partial charge on any atom is -0.385 e. The summed E-state index contributed by atoms with van der Waals surface area (Å²) >= 11 is 0. The number of hydrogen-bond donors (Lipinski definition) is 2. The molecular formula is C10H14O4. The maximum absolute atomic E-state index is 11.7. The van der Waals surface area contributed by atoms with E-state index in [1.54, 1.807) is 0 Å². The van der Waals surface area contributed by atoms with Crippen LogP contribution in [0.3, 0.4) is 0 Å². The molecule has 78 valence electrons. The van der Waals surface area contributed by atoms with Crippen LogP contribution >= 0.6 is 0 Å². The number of carbonyl (C=O) groups excluding carboxylic acids is 2. The average Bonchev–Trinajstić information content (AvgIpc) is 2.92. The highest BCUT2D eigenvalue weighted by Gasteiger charge is 2.67. The van der Waals surface area contributed by atoms with Crippen LogP contribution in [0.25, 0.3) is 0 Å². The van der Waals surface area contributed by atoms with Gasteiger partial charge < -0.3 is 10.2 Å². The summed E-state index contributed by atoms with van der Waals surface area (Å²) in [5, 5.41) is 19.4. The predicted octanol–water partition coefficient (Wildman–Crippen LogP) is -0.334. The molecule has 2 unspecified atom stereocenters. The molecule has 0 bridgehead atoms. The zero-order valence-electron chi connectivity index (χ0n) is 8.28. The first-order chi connectivity index (χ1) is 6.34. The number of aliphatic hydroxyl groups excluding tert-OH is 2. The molecule has 0 amide bonds. The maximum Gasteiger partial charge on any atom is 0.175 e. The Morgan fingerprint density at radius 1 is 1.07 bits per heavy atom. The first-order valence-corrected chi connectivity index (χ1v) is 4.79. The molecule has 0 aromatic rings. The molecule has 2 rings (SSSR count). The molecule has 2 N–H and O–H groups in total. The van der Waals surface area contributed by atoms with Gasteiger partial charge in [0.25, 0.3) is 0 Å². The summed E-state index contributed by atoms with van der Waals surface area (Å²) < 4.78 is 0. The minimum atomic E-state index is -1.22. The summed E-state index contributed by atoms with van der Waals surface area (Å²) in [5.74, 6) is -0.810. The van der Waals surface area contributed by atoms with Gasteiger partial charge in [0.05, 0.1) is 5.41 Å². The zero-order chi connectivity index (χ0) is 10.7. The molecule has 2 saturated carbocycles. The molecule has 0 aliphatic heterocycles. The number of carbonyl (C=O) groups is 2. The van der Waals surface area contributed by atoms with Crippen LogP contribution in [0.4, 0.5) is 0 Å². The molecule has 0 heterocycles. The zero-order valence-corrected chi connectivity index (χ0v) is 8.28. The van der Waals surface area contributed by atoms with Crippen molar-refractivity contribution in [2.24, 2.45) is 10.8 Å². The second-order valence-corrected chi connectivity index (χ2v) is 4.94. The molecule has 2 atom stereocenters. The predicted molar refractivity (Wildman–Crippen MR) is 47.5 cm³/mol. The molecule has 0 aromatic heterocycles. The summed E-state index contributed by atoms with van der Waals surface area (Å²) in [6, 6.07) is 0. The minimum absolute atomic E-state index is 0.405. The third-order valence-corrected chi connectivity index (χ3v) is 3.60. The SMILES string of the molecule is CC1(C)C(O)C(=O)C2(CC2)C(=O)C1O. The second-order valence-electron chi connectivity index (χ2n) is 4.94. The molecule has 0 saturated heterocycles. The van der Waals surface area contributed by atoms with Crippen molar-refractivity contribution in [3.63, 3.8) is 0 Å². The summed E-state index contributed by atoms with van der Waals surface area (Å²) in [7, 11) is 0. The van der Waals surface area contributed by atoms with Crippen LogP contribution in [0, 0.1) is 10.8 Å². The fourth-order valence-electron chi connectivity index (χ4n) is 2.09. The lowest BCUT2D eigenvalue weighted by atomic mass is 9.65. The first kappa shape index (κ1) is 9.80. The van der Waals surface area contributed by atoms with E-state index in [1.807, 2.05) is 0 Å². The molecule has 14 heavy (non-hydrogen) atoms. The van der Waals surface area contributed by atoms with Gasteiger partial charge in [-0.05, 0) is 12.8 Å². The molecule has 0 radical (unpaired) electrons. The van der Waals surface area contributed by atoms with Gasteiger partial charge in [-0.15, -0.1) is 0 Å². The van der Waals surface area contributed by atoms with Crippen LogP contribution in [0.1, 0.15) is 26.7 Å².